The first kappa shape index (κ1) is 15.0. The molecular weight excluding hydrogens is 323 g/mol. The summed E-state index contributed by atoms with van der Waals surface area (Å²) in [4.78, 5) is 23.7. The van der Waals surface area contributed by atoms with E-state index in [-0.39, 0.29) is 10.7 Å². The highest BCUT2D eigenvalue weighted by atomic mass is 35.5. The van der Waals surface area contributed by atoms with E-state index >= 15 is 0 Å². The molecule has 2 aromatic carbocycles. The van der Waals surface area contributed by atoms with Crippen LogP contribution in [0.25, 0.3) is 10.9 Å². The second-order valence-corrected chi connectivity index (χ2v) is 5.12. The number of nitrogens with one attached hydrogen (secondary N) is 3. The van der Waals surface area contributed by atoms with Gasteiger partial charge in [0, 0.05) is 16.8 Å². The van der Waals surface area contributed by atoms with Gasteiger partial charge in [0.1, 0.15) is 5.82 Å². The van der Waals surface area contributed by atoms with E-state index in [2.05, 4.69) is 20.8 Å². The maximum atomic E-state index is 13.1. The molecule has 3 aromatic rings. The van der Waals surface area contributed by atoms with Gasteiger partial charge < -0.3 is 10.6 Å². The number of benzene rings is 2. The number of carbonyl (C=O) groups is 2. The Kier molecular flexibility index (Phi) is 3.94. The van der Waals surface area contributed by atoms with E-state index in [0.29, 0.717) is 5.69 Å². The van der Waals surface area contributed by atoms with Crippen molar-refractivity contribution in [3.8, 4) is 0 Å². The van der Waals surface area contributed by atoms with E-state index in [1.54, 1.807) is 24.4 Å². The maximum Gasteiger partial charge on any atom is 0.314 e. The lowest BCUT2D eigenvalue weighted by atomic mass is 10.2. The third-order valence-corrected chi connectivity index (χ3v) is 3.37. The van der Waals surface area contributed by atoms with Crippen molar-refractivity contribution in [1.29, 1.82) is 0 Å². The van der Waals surface area contributed by atoms with Gasteiger partial charge in [0.2, 0.25) is 0 Å². The van der Waals surface area contributed by atoms with Crippen LogP contribution in [0.5, 0.6) is 0 Å². The molecule has 6 nitrogen and oxygen atoms in total. The average Bonchev–Trinajstić information content (AvgIpc) is 2.98. The monoisotopic (exact) mass is 332 g/mol. The standard InChI is InChI=1S/C15H10ClFN4O2/c16-11-5-9(3-4-12(11)17)19-14(22)15(23)20-10-2-1-8-7-18-21-13(8)6-10/h1-7H,(H,18,21)(H,19,22)(H,20,23). The van der Waals surface area contributed by atoms with Crippen molar-refractivity contribution in [2.24, 2.45) is 0 Å². The van der Waals surface area contributed by atoms with Crippen LogP contribution in [0.15, 0.2) is 42.6 Å². The maximum absolute atomic E-state index is 13.1. The number of anilines is 2. The number of hydrogen-bond donors (Lipinski definition) is 3. The fourth-order valence-corrected chi connectivity index (χ4v) is 2.14. The lowest BCUT2D eigenvalue weighted by Gasteiger charge is -2.07. The highest BCUT2D eigenvalue weighted by molar-refractivity contribution is 6.43. The molecule has 0 spiro atoms. The summed E-state index contributed by atoms with van der Waals surface area (Å²) in [5.74, 6) is -2.36. The third-order valence-electron chi connectivity index (χ3n) is 3.08. The molecular formula is C15H10ClFN4O2. The number of nitrogens with zero attached hydrogens (tertiary/aromatic N) is 1. The van der Waals surface area contributed by atoms with Crippen LogP contribution in [0, 0.1) is 5.82 Å². The molecule has 0 bridgehead atoms. The molecule has 0 atom stereocenters. The van der Waals surface area contributed by atoms with Crippen LogP contribution >= 0.6 is 11.6 Å². The molecule has 3 rings (SSSR count). The fourth-order valence-electron chi connectivity index (χ4n) is 1.96. The molecule has 2 amide bonds. The summed E-state index contributed by atoms with van der Waals surface area (Å²) >= 11 is 5.62. The van der Waals surface area contributed by atoms with Gasteiger partial charge in [-0.15, -0.1) is 0 Å². The SMILES string of the molecule is O=C(Nc1ccc(F)c(Cl)c1)C(=O)Nc1ccc2cn[nH]c2c1. The lowest BCUT2D eigenvalue weighted by Crippen LogP contribution is -2.29. The third kappa shape index (κ3) is 3.29. The largest absolute Gasteiger partial charge is 0.318 e. The minimum absolute atomic E-state index is 0.145. The lowest BCUT2D eigenvalue weighted by molar-refractivity contribution is -0.132. The van der Waals surface area contributed by atoms with Crippen LogP contribution < -0.4 is 10.6 Å². The molecule has 116 valence electrons. The van der Waals surface area contributed by atoms with Crippen molar-refractivity contribution in [3.05, 3.63) is 53.4 Å². The van der Waals surface area contributed by atoms with Gasteiger partial charge in [-0.05, 0) is 36.4 Å². The molecule has 0 saturated carbocycles. The van der Waals surface area contributed by atoms with Crippen LogP contribution in [0.2, 0.25) is 5.02 Å². The molecule has 0 unspecified atom stereocenters. The quantitative estimate of drug-likeness (QED) is 0.630. The number of H-pyrrole nitrogens is 1. The Morgan fingerprint density at radius 1 is 1.04 bits per heavy atom. The predicted molar refractivity (Wildman–Crippen MR) is 84.8 cm³/mol. The second-order valence-electron chi connectivity index (χ2n) is 4.71. The molecule has 0 aliphatic heterocycles. The van der Waals surface area contributed by atoms with E-state index in [1.165, 1.54) is 12.1 Å². The summed E-state index contributed by atoms with van der Waals surface area (Å²) in [6.07, 6.45) is 1.64. The first-order valence-electron chi connectivity index (χ1n) is 6.53. The average molecular weight is 333 g/mol. The van der Waals surface area contributed by atoms with Crippen LogP contribution in [0.3, 0.4) is 0 Å². The van der Waals surface area contributed by atoms with Gasteiger partial charge in [0.15, 0.2) is 0 Å². The zero-order valence-corrected chi connectivity index (χ0v) is 12.3. The van der Waals surface area contributed by atoms with E-state index in [1.807, 2.05) is 0 Å². The van der Waals surface area contributed by atoms with Crippen molar-refractivity contribution in [1.82, 2.24) is 10.2 Å². The molecule has 0 saturated heterocycles. The van der Waals surface area contributed by atoms with Crippen molar-refractivity contribution in [2.45, 2.75) is 0 Å². The number of rotatable bonds is 2. The minimum atomic E-state index is -0.891. The highest BCUT2D eigenvalue weighted by Crippen LogP contribution is 2.20. The smallest absolute Gasteiger partial charge is 0.314 e. The Hall–Kier alpha value is -2.93. The summed E-state index contributed by atoms with van der Waals surface area (Å²) in [5, 5.41) is 12.2. The molecule has 3 N–H and O–H groups in total. The summed E-state index contributed by atoms with van der Waals surface area (Å²) < 4.78 is 13.1. The molecule has 1 aromatic heterocycles. The summed E-state index contributed by atoms with van der Waals surface area (Å²) in [7, 11) is 0. The van der Waals surface area contributed by atoms with E-state index in [4.69, 9.17) is 11.6 Å². The molecule has 0 aliphatic rings. The Bertz CT molecular complexity index is 909. The van der Waals surface area contributed by atoms with Crippen molar-refractivity contribution in [3.63, 3.8) is 0 Å². The van der Waals surface area contributed by atoms with Gasteiger partial charge in [-0.25, -0.2) is 4.39 Å². The Labute approximate surface area is 134 Å². The number of fused-ring (bicyclic) bond motifs is 1. The number of carbonyl (C=O) groups excluding carboxylic acids is 2. The van der Waals surface area contributed by atoms with Gasteiger partial charge in [-0.2, -0.15) is 5.10 Å². The van der Waals surface area contributed by atoms with E-state index in [0.717, 1.165) is 17.0 Å². The summed E-state index contributed by atoms with van der Waals surface area (Å²) in [6.45, 7) is 0. The molecule has 1 heterocycles. The Morgan fingerprint density at radius 2 is 1.70 bits per heavy atom. The zero-order valence-electron chi connectivity index (χ0n) is 11.6. The Morgan fingerprint density at radius 3 is 2.39 bits per heavy atom. The fraction of sp³-hybridized carbons (Fsp3) is 0. The van der Waals surface area contributed by atoms with Gasteiger partial charge in [-0.3, -0.25) is 14.7 Å². The van der Waals surface area contributed by atoms with Crippen LogP contribution in [0.1, 0.15) is 0 Å². The van der Waals surface area contributed by atoms with Gasteiger partial charge >= 0.3 is 11.8 Å². The number of amides is 2. The van der Waals surface area contributed by atoms with Crippen LogP contribution in [0.4, 0.5) is 15.8 Å². The van der Waals surface area contributed by atoms with E-state index < -0.39 is 17.6 Å². The van der Waals surface area contributed by atoms with Crippen molar-refractivity contribution in [2.75, 3.05) is 10.6 Å². The number of halogens is 2. The summed E-state index contributed by atoms with van der Waals surface area (Å²) in [6, 6.07) is 8.69. The van der Waals surface area contributed by atoms with Crippen LogP contribution in [-0.2, 0) is 9.59 Å². The van der Waals surface area contributed by atoms with Gasteiger partial charge in [-0.1, -0.05) is 11.6 Å². The molecule has 23 heavy (non-hydrogen) atoms. The number of aromatic amines is 1. The summed E-state index contributed by atoms with van der Waals surface area (Å²) in [5.41, 5.74) is 1.40. The topological polar surface area (TPSA) is 86.9 Å². The molecule has 0 fully saturated rings. The van der Waals surface area contributed by atoms with Gasteiger partial charge in [0.25, 0.3) is 0 Å². The Balaban J connectivity index is 1.69. The first-order chi connectivity index (χ1) is 11.0. The number of aromatic nitrogens is 2. The first-order valence-corrected chi connectivity index (χ1v) is 6.91. The van der Waals surface area contributed by atoms with Gasteiger partial charge in [0.05, 0.1) is 16.7 Å². The van der Waals surface area contributed by atoms with Crippen molar-refractivity contribution >= 4 is 45.7 Å². The molecule has 0 aliphatic carbocycles. The zero-order chi connectivity index (χ0) is 16.4. The van der Waals surface area contributed by atoms with Crippen molar-refractivity contribution < 1.29 is 14.0 Å². The highest BCUT2D eigenvalue weighted by Gasteiger charge is 2.15. The normalized spacial score (nSPS) is 10.5. The van der Waals surface area contributed by atoms with Crippen LogP contribution in [-0.4, -0.2) is 22.0 Å². The molecule has 8 heteroatoms. The molecule has 0 radical (unpaired) electrons. The number of hydrogen-bond acceptors (Lipinski definition) is 3. The minimum Gasteiger partial charge on any atom is -0.318 e. The predicted octanol–water partition coefficient (Wildman–Crippen LogP) is 2.93. The van der Waals surface area contributed by atoms with E-state index in [9.17, 15) is 14.0 Å². The second kappa shape index (κ2) is 6.05.